The highest BCUT2D eigenvalue weighted by molar-refractivity contribution is 5.34. The normalized spacial score (nSPS) is 9.44. The number of hydrogen-bond donors (Lipinski definition) is 1. The molecule has 0 aliphatic rings. The van der Waals surface area contributed by atoms with E-state index in [1.54, 1.807) is 12.1 Å². The molecule has 3 heteroatoms. The van der Waals surface area contributed by atoms with Crippen molar-refractivity contribution in [2.24, 2.45) is 0 Å². The summed E-state index contributed by atoms with van der Waals surface area (Å²) in [5.41, 5.74) is 0.653. The second-order valence-electron chi connectivity index (χ2n) is 3.33. The van der Waals surface area contributed by atoms with E-state index in [0.29, 0.717) is 12.2 Å². The molecular weight excluding hydrogens is 200 g/mol. The van der Waals surface area contributed by atoms with E-state index < -0.39 is 0 Å². The quantitative estimate of drug-likeness (QED) is 0.561. The third-order valence-electron chi connectivity index (χ3n) is 2.04. The van der Waals surface area contributed by atoms with Gasteiger partial charge in [-0.15, -0.1) is 6.58 Å². The van der Waals surface area contributed by atoms with Crippen LogP contribution in [0.4, 0.5) is 0 Å². The van der Waals surface area contributed by atoms with E-state index in [9.17, 15) is 0 Å². The van der Waals surface area contributed by atoms with Gasteiger partial charge in [-0.2, -0.15) is 5.26 Å². The molecule has 0 saturated heterocycles. The van der Waals surface area contributed by atoms with Gasteiger partial charge in [0.15, 0.2) is 0 Å². The highest BCUT2D eigenvalue weighted by Crippen LogP contribution is 2.11. The van der Waals surface area contributed by atoms with Gasteiger partial charge in [0.05, 0.1) is 18.2 Å². The summed E-state index contributed by atoms with van der Waals surface area (Å²) in [6, 6.07) is 9.21. The van der Waals surface area contributed by atoms with Crippen molar-refractivity contribution in [3.05, 3.63) is 42.5 Å². The Morgan fingerprint density at radius 2 is 2.12 bits per heavy atom. The fourth-order valence-corrected chi connectivity index (χ4v) is 1.22. The Bertz CT molecular complexity index is 351. The molecule has 1 aromatic carbocycles. The molecule has 0 saturated carbocycles. The molecular formula is C13H16N2O. The van der Waals surface area contributed by atoms with Gasteiger partial charge in [-0.1, -0.05) is 6.08 Å². The molecule has 1 rings (SSSR count). The summed E-state index contributed by atoms with van der Waals surface area (Å²) in [4.78, 5) is 0. The summed E-state index contributed by atoms with van der Waals surface area (Å²) in [7, 11) is 0. The summed E-state index contributed by atoms with van der Waals surface area (Å²) in [5.74, 6) is 0.808. The van der Waals surface area contributed by atoms with Crippen LogP contribution in [0.25, 0.3) is 0 Å². The molecule has 84 valence electrons. The van der Waals surface area contributed by atoms with Crippen LogP contribution in [0.3, 0.4) is 0 Å². The van der Waals surface area contributed by atoms with Crippen molar-refractivity contribution in [2.45, 2.75) is 6.42 Å². The lowest BCUT2D eigenvalue weighted by molar-refractivity contribution is 0.309. The molecule has 0 unspecified atom stereocenters. The molecule has 1 N–H and O–H groups in total. The van der Waals surface area contributed by atoms with E-state index in [-0.39, 0.29) is 0 Å². The number of benzene rings is 1. The van der Waals surface area contributed by atoms with Gasteiger partial charge < -0.3 is 10.1 Å². The molecule has 0 aliphatic carbocycles. The monoisotopic (exact) mass is 216 g/mol. The van der Waals surface area contributed by atoms with Crippen molar-refractivity contribution in [1.29, 1.82) is 5.26 Å². The standard InChI is InChI=1S/C13H16N2O/c1-2-8-15-9-3-10-16-13-6-4-12(11-14)5-7-13/h2,4-7,15H,1,3,8-10H2. The minimum atomic E-state index is 0.653. The predicted molar refractivity (Wildman–Crippen MR) is 64.3 cm³/mol. The van der Waals surface area contributed by atoms with E-state index in [0.717, 1.165) is 25.3 Å². The third-order valence-corrected chi connectivity index (χ3v) is 2.04. The van der Waals surface area contributed by atoms with Gasteiger partial charge in [0, 0.05) is 6.54 Å². The van der Waals surface area contributed by atoms with Gasteiger partial charge in [-0.05, 0) is 37.2 Å². The smallest absolute Gasteiger partial charge is 0.119 e. The molecule has 0 amide bonds. The lowest BCUT2D eigenvalue weighted by atomic mass is 10.2. The van der Waals surface area contributed by atoms with Crippen molar-refractivity contribution in [2.75, 3.05) is 19.7 Å². The third kappa shape index (κ3) is 4.63. The largest absolute Gasteiger partial charge is 0.494 e. The SMILES string of the molecule is C=CCNCCCOc1ccc(C#N)cc1. The number of nitrogens with zero attached hydrogens (tertiary/aromatic N) is 1. The summed E-state index contributed by atoms with van der Waals surface area (Å²) < 4.78 is 5.51. The van der Waals surface area contributed by atoms with Gasteiger partial charge in [0.2, 0.25) is 0 Å². The Morgan fingerprint density at radius 3 is 2.75 bits per heavy atom. The van der Waals surface area contributed by atoms with Crippen molar-refractivity contribution in [3.63, 3.8) is 0 Å². The maximum Gasteiger partial charge on any atom is 0.119 e. The second-order valence-corrected chi connectivity index (χ2v) is 3.33. The zero-order valence-corrected chi connectivity index (χ0v) is 9.28. The Kier molecular flexibility index (Phi) is 5.75. The van der Waals surface area contributed by atoms with Gasteiger partial charge in [-0.25, -0.2) is 0 Å². The molecule has 16 heavy (non-hydrogen) atoms. The first kappa shape index (κ1) is 12.3. The minimum absolute atomic E-state index is 0.653. The zero-order chi connectivity index (χ0) is 11.6. The van der Waals surface area contributed by atoms with Crippen LogP contribution in [0, 0.1) is 11.3 Å². The zero-order valence-electron chi connectivity index (χ0n) is 9.28. The van der Waals surface area contributed by atoms with Crippen LogP contribution in [0.5, 0.6) is 5.75 Å². The molecule has 0 radical (unpaired) electrons. The first-order valence-electron chi connectivity index (χ1n) is 5.31. The van der Waals surface area contributed by atoms with E-state index in [2.05, 4.69) is 18.0 Å². The van der Waals surface area contributed by atoms with Gasteiger partial charge in [-0.3, -0.25) is 0 Å². The number of hydrogen-bond acceptors (Lipinski definition) is 3. The van der Waals surface area contributed by atoms with Crippen LogP contribution in [0.2, 0.25) is 0 Å². The predicted octanol–water partition coefficient (Wildman–Crippen LogP) is 2.10. The van der Waals surface area contributed by atoms with Crippen molar-refractivity contribution in [3.8, 4) is 11.8 Å². The molecule has 1 aromatic rings. The molecule has 3 nitrogen and oxygen atoms in total. The fourth-order valence-electron chi connectivity index (χ4n) is 1.22. The maximum absolute atomic E-state index is 8.62. The van der Waals surface area contributed by atoms with E-state index >= 15 is 0 Å². The molecule has 0 atom stereocenters. The Labute approximate surface area is 96.4 Å². The van der Waals surface area contributed by atoms with Gasteiger partial charge in [0.25, 0.3) is 0 Å². The molecule has 0 aromatic heterocycles. The Balaban J connectivity index is 2.17. The average Bonchev–Trinajstić information content (AvgIpc) is 2.34. The lowest BCUT2D eigenvalue weighted by Gasteiger charge is -2.06. The average molecular weight is 216 g/mol. The van der Waals surface area contributed by atoms with Gasteiger partial charge >= 0.3 is 0 Å². The van der Waals surface area contributed by atoms with E-state index in [1.165, 1.54) is 0 Å². The van der Waals surface area contributed by atoms with Crippen LogP contribution in [0.15, 0.2) is 36.9 Å². The second kappa shape index (κ2) is 7.49. The Hall–Kier alpha value is -1.79. The molecule has 0 bridgehead atoms. The van der Waals surface area contributed by atoms with Crippen LogP contribution in [-0.2, 0) is 0 Å². The first-order valence-corrected chi connectivity index (χ1v) is 5.31. The Morgan fingerprint density at radius 1 is 1.38 bits per heavy atom. The highest BCUT2D eigenvalue weighted by Gasteiger charge is 1.94. The molecule has 0 spiro atoms. The number of rotatable bonds is 7. The summed E-state index contributed by atoms with van der Waals surface area (Å²) in [6.45, 7) is 6.05. The summed E-state index contributed by atoms with van der Waals surface area (Å²) >= 11 is 0. The van der Waals surface area contributed by atoms with Crippen molar-refractivity contribution >= 4 is 0 Å². The van der Waals surface area contributed by atoms with Crippen LogP contribution in [0.1, 0.15) is 12.0 Å². The van der Waals surface area contributed by atoms with Crippen molar-refractivity contribution in [1.82, 2.24) is 5.32 Å². The lowest BCUT2D eigenvalue weighted by Crippen LogP contribution is -2.17. The van der Waals surface area contributed by atoms with Crippen LogP contribution in [-0.4, -0.2) is 19.7 Å². The maximum atomic E-state index is 8.62. The number of ether oxygens (including phenoxy) is 1. The van der Waals surface area contributed by atoms with E-state index in [4.69, 9.17) is 10.00 Å². The number of nitriles is 1. The highest BCUT2D eigenvalue weighted by atomic mass is 16.5. The van der Waals surface area contributed by atoms with Crippen LogP contribution < -0.4 is 10.1 Å². The first-order chi connectivity index (χ1) is 7.86. The molecule has 0 fully saturated rings. The fraction of sp³-hybridized carbons (Fsp3) is 0.308. The summed E-state index contributed by atoms with van der Waals surface area (Å²) in [5, 5.41) is 11.8. The molecule has 0 heterocycles. The van der Waals surface area contributed by atoms with Crippen LogP contribution >= 0.6 is 0 Å². The number of nitrogens with one attached hydrogen (secondary N) is 1. The van der Waals surface area contributed by atoms with Gasteiger partial charge in [0.1, 0.15) is 5.75 Å². The summed E-state index contributed by atoms with van der Waals surface area (Å²) in [6.07, 6.45) is 2.79. The van der Waals surface area contributed by atoms with E-state index in [1.807, 2.05) is 18.2 Å². The molecule has 0 aliphatic heterocycles. The minimum Gasteiger partial charge on any atom is -0.494 e. The van der Waals surface area contributed by atoms with Crippen molar-refractivity contribution < 1.29 is 4.74 Å². The topological polar surface area (TPSA) is 45.0 Å².